The number of sulfonamides is 1. The Bertz CT molecular complexity index is 1320. The van der Waals surface area contributed by atoms with Crippen molar-refractivity contribution in [2.24, 2.45) is 0 Å². The van der Waals surface area contributed by atoms with E-state index in [-0.39, 0.29) is 16.6 Å². The maximum Gasteiger partial charge on any atom is 0.255 e. The Morgan fingerprint density at radius 3 is 2.21 bits per heavy atom. The zero-order valence-corrected chi connectivity index (χ0v) is 19.7. The van der Waals surface area contributed by atoms with Gasteiger partial charge < -0.3 is 5.32 Å². The molecule has 1 heterocycles. The average molecular weight is 475 g/mol. The van der Waals surface area contributed by atoms with Crippen LogP contribution in [-0.4, -0.2) is 37.5 Å². The molecule has 0 aliphatic carbocycles. The highest BCUT2D eigenvalue weighted by molar-refractivity contribution is 7.89. The number of allylic oxidation sites excluding steroid dienone is 1. The van der Waals surface area contributed by atoms with E-state index >= 15 is 0 Å². The summed E-state index contributed by atoms with van der Waals surface area (Å²) in [5.74, 6) is -0.444. The second kappa shape index (κ2) is 10.2. The van der Waals surface area contributed by atoms with Crippen LogP contribution in [0.15, 0.2) is 83.8 Å². The summed E-state index contributed by atoms with van der Waals surface area (Å²) in [5.41, 5.74) is 3.42. The van der Waals surface area contributed by atoms with Crippen LogP contribution >= 0.6 is 0 Å². The van der Waals surface area contributed by atoms with Gasteiger partial charge >= 0.3 is 0 Å². The summed E-state index contributed by atoms with van der Waals surface area (Å²) in [6.45, 7) is 3.04. The number of amides is 1. The SMILES string of the molecule is Cc1ccc(C(=O)Nc2cccc(/C=C/C(=O)c3ccc(S(=O)(=O)N4CCCC4)cc3)c2)cc1. The molecule has 4 rings (SSSR count). The molecule has 7 heteroatoms. The highest BCUT2D eigenvalue weighted by Gasteiger charge is 2.27. The van der Waals surface area contributed by atoms with E-state index < -0.39 is 10.0 Å². The largest absolute Gasteiger partial charge is 0.322 e. The number of benzene rings is 3. The third kappa shape index (κ3) is 5.50. The van der Waals surface area contributed by atoms with E-state index in [1.807, 2.05) is 25.1 Å². The van der Waals surface area contributed by atoms with Crippen molar-refractivity contribution < 1.29 is 18.0 Å². The summed E-state index contributed by atoms with van der Waals surface area (Å²) >= 11 is 0. The van der Waals surface area contributed by atoms with Crippen LogP contribution in [0.25, 0.3) is 6.08 Å². The predicted octanol–water partition coefficient (Wildman–Crippen LogP) is 4.93. The monoisotopic (exact) mass is 474 g/mol. The molecule has 0 spiro atoms. The molecule has 1 amide bonds. The molecule has 3 aromatic rings. The molecule has 6 nitrogen and oxygen atoms in total. The van der Waals surface area contributed by atoms with Crippen molar-refractivity contribution in [2.45, 2.75) is 24.7 Å². The number of nitrogens with zero attached hydrogens (tertiary/aromatic N) is 1. The quantitative estimate of drug-likeness (QED) is 0.389. The highest BCUT2D eigenvalue weighted by atomic mass is 32.2. The smallest absolute Gasteiger partial charge is 0.255 e. The molecule has 0 radical (unpaired) electrons. The molecule has 0 aromatic heterocycles. The van der Waals surface area contributed by atoms with Gasteiger partial charge in [-0.1, -0.05) is 35.9 Å². The third-order valence-corrected chi connectivity index (χ3v) is 7.64. The van der Waals surface area contributed by atoms with Crippen molar-refractivity contribution in [3.05, 3.63) is 101 Å². The van der Waals surface area contributed by atoms with Crippen molar-refractivity contribution in [1.29, 1.82) is 0 Å². The van der Waals surface area contributed by atoms with Crippen LogP contribution in [0.1, 0.15) is 44.7 Å². The van der Waals surface area contributed by atoms with Crippen LogP contribution in [0.3, 0.4) is 0 Å². The van der Waals surface area contributed by atoms with Crippen molar-refractivity contribution in [1.82, 2.24) is 4.31 Å². The topological polar surface area (TPSA) is 83.5 Å². The molecule has 174 valence electrons. The van der Waals surface area contributed by atoms with E-state index in [1.165, 1.54) is 34.6 Å². The molecule has 1 fully saturated rings. The lowest BCUT2D eigenvalue weighted by Gasteiger charge is -2.15. The molecule has 0 atom stereocenters. The molecule has 1 aliphatic heterocycles. The number of aryl methyl sites for hydroxylation is 1. The van der Waals surface area contributed by atoms with Crippen LogP contribution < -0.4 is 5.32 Å². The van der Waals surface area contributed by atoms with E-state index in [0.29, 0.717) is 29.9 Å². The van der Waals surface area contributed by atoms with Gasteiger partial charge in [0.1, 0.15) is 0 Å². The first kappa shape index (κ1) is 23.6. The summed E-state index contributed by atoms with van der Waals surface area (Å²) in [6, 6.07) is 20.5. The fraction of sp³-hybridized carbons (Fsp3) is 0.185. The van der Waals surface area contributed by atoms with Gasteiger partial charge in [0.15, 0.2) is 5.78 Å². The number of hydrogen-bond donors (Lipinski definition) is 1. The first-order valence-electron chi connectivity index (χ1n) is 11.1. The fourth-order valence-electron chi connectivity index (χ4n) is 3.77. The Labute approximate surface area is 200 Å². The molecule has 0 saturated carbocycles. The number of carbonyl (C=O) groups excluding carboxylic acids is 2. The second-order valence-electron chi connectivity index (χ2n) is 8.28. The lowest BCUT2D eigenvalue weighted by molar-refractivity contribution is 0.102. The maximum absolute atomic E-state index is 12.6. The number of anilines is 1. The predicted molar refractivity (Wildman–Crippen MR) is 133 cm³/mol. The zero-order valence-electron chi connectivity index (χ0n) is 18.9. The van der Waals surface area contributed by atoms with Gasteiger partial charge in [-0.3, -0.25) is 9.59 Å². The summed E-state index contributed by atoms with van der Waals surface area (Å²) in [7, 11) is -3.50. The molecule has 0 bridgehead atoms. The summed E-state index contributed by atoms with van der Waals surface area (Å²) in [4.78, 5) is 25.2. The van der Waals surface area contributed by atoms with Gasteiger partial charge in [0, 0.05) is 29.9 Å². The number of carbonyl (C=O) groups is 2. The average Bonchev–Trinajstić information content (AvgIpc) is 3.39. The van der Waals surface area contributed by atoms with Gasteiger partial charge in [0.05, 0.1) is 4.90 Å². The Kier molecular flexibility index (Phi) is 7.05. The minimum atomic E-state index is -3.50. The standard InChI is InChI=1S/C27H26N2O4S/c1-20-7-10-23(11-8-20)27(31)28-24-6-4-5-21(19-24)9-16-26(30)22-12-14-25(15-13-22)34(32,33)29-17-2-3-18-29/h4-16,19H,2-3,17-18H2,1H3,(H,28,31)/b16-9+. The van der Waals surface area contributed by atoms with E-state index in [4.69, 9.17) is 0 Å². The maximum atomic E-state index is 12.6. The summed E-state index contributed by atoms with van der Waals surface area (Å²) < 4.78 is 26.8. The molecule has 0 unspecified atom stereocenters. The Balaban J connectivity index is 1.42. The minimum Gasteiger partial charge on any atom is -0.322 e. The lowest BCUT2D eigenvalue weighted by atomic mass is 10.1. The zero-order chi connectivity index (χ0) is 24.1. The van der Waals surface area contributed by atoms with E-state index in [1.54, 1.807) is 36.4 Å². The molecule has 1 aliphatic rings. The fourth-order valence-corrected chi connectivity index (χ4v) is 5.28. The third-order valence-electron chi connectivity index (χ3n) is 5.73. The lowest BCUT2D eigenvalue weighted by Crippen LogP contribution is -2.27. The van der Waals surface area contributed by atoms with Crippen molar-refractivity contribution in [2.75, 3.05) is 18.4 Å². The van der Waals surface area contributed by atoms with E-state index in [2.05, 4.69) is 5.32 Å². The highest BCUT2D eigenvalue weighted by Crippen LogP contribution is 2.21. The first-order chi connectivity index (χ1) is 16.3. The molecular weight excluding hydrogens is 448 g/mol. The molecule has 1 N–H and O–H groups in total. The van der Waals surface area contributed by atoms with Crippen LogP contribution in [0.5, 0.6) is 0 Å². The van der Waals surface area contributed by atoms with E-state index in [9.17, 15) is 18.0 Å². The Hall–Kier alpha value is -3.55. The van der Waals surface area contributed by atoms with Gasteiger partial charge in [-0.15, -0.1) is 0 Å². The number of ketones is 1. The molecule has 34 heavy (non-hydrogen) atoms. The number of hydrogen-bond acceptors (Lipinski definition) is 4. The van der Waals surface area contributed by atoms with Gasteiger partial charge in [0.25, 0.3) is 5.91 Å². The van der Waals surface area contributed by atoms with Crippen LogP contribution in [0, 0.1) is 6.92 Å². The molecule has 1 saturated heterocycles. The second-order valence-corrected chi connectivity index (χ2v) is 10.2. The molecular formula is C27H26N2O4S. The van der Waals surface area contributed by atoms with Crippen LogP contribution in [-0.2, 0) is 10.0 Å². The Morgan fingerprint density at radius 2 is 1.53 bits per heavy atom. The first-order valence-corrected chi connectivity index (χ1v) is 12.6. The van der Waals surface area contributed by atoms with Crippen LogP contribution in [0.4, 0.5) is 5.69 Å². The number of nitrogens with one attached hydrogen (secondary N) is 1. The van der Waals surface area contributed by atoms with Crippen LogP contribution in [0.2, 0.25) is 0 Å². The van der Waals surface area contributed by atoms with Gasteiger partial charge in [-0.2, -0.15) is 4.31 Å². The van der Waals surface area contributed by atoms with Crippen molar-refractivity contribution in [3.63, 3.8) is 0 Å². The van der Waals surface area contributed by atoms with Gasteiger partial charge in [-0.05, 0) is 79.9 Å². The van der Waals surface area contributed by atoms with Gasteiger partial charge in [0.2, 0.25) is 10.0 Å². The van der Waals surface area contributed by atoms with Crippen molar-refractivity contribution in [3.8, 4) is 0 Å². The Morgan fingerprint density at radius 1 is 0.882 bits per heavy atom. The normalized spacial score (nSPS) is 14.4. The minimum absolute atomic E-state index is 0.201. The summed E-state index contributed by atoms with van der Waals surface area (Å²) in [6.07, 6.45) is 4.85. The number of rotatable bonds is 7. The molecule has 3 aromatic carbocycles. The van der Waals surface area contributed by atoms with Crippen molar-refractivity contribution >= 4 is 33.5 Å². The van der Waals surface area contributed by atoms with Gasteiger partial charge in [-0.25, -0.2) is 8.42 Å². The van der Waals surface area contributed by atoms with E-state index in [0.717, 1.165) is 24.0 Å². The summed E-state index contributed by atoms with van der Waals surface area (Å²) in [5, 5.41) is 2.86.